The summed E-state index contributed by atoms with van der Waals surface area (Å²) < 4.78 is 31.7. The molecule has 214 valence electrons. The van der Waals surface area contributed by atoms with Crippen LogP contribution in [0.4, 0.5) is 18.9 Å². The second-order valence-electron chi connectivity index (χ2n) is 8.49. The van der Waals surface area contributed by atoms with Gasteiger partial charge >= 0.3 is 18.1 Å². The molecule has 1 heterocycles. The third-order valence-electron chi connectivity index (χ3n) is 5.47. The maximum atomic E-state index is 12.7. The molecule has 0 bridgehead atoms. The number of carboxylic acids is 2. The molecule has 40 heavy (non-hydrogen) atoms. The van der Waals surface area contributed by atoms with Gasteiger partial charge in [0.1, 0.15) is 11.9 Å². The summed E-state index contributed by atoms with van der Waals surface area (Å²) in [7, 11) is 0. The van der Waals surface area contributed by atoms with Crippen molar-refractivity contribution in [3.8, 4) is 0 Å². The van der Waals surface area contributed by atoms with E-state index in [1.807, 2.05) is 0 Å². The molecule has 0 spiro atoms. The van der Waals surface area contributed by atoms with Crippen LogP contribution in [0.15, 0.2) is 48.5 Å². The molecule has 2 aromatic carbocycles. The molecule has 0 aromatic heterocycles. The van der Waals surface area contributed by atoms with Crippen molar-refractivity contribution in [3.05, 3.63) is 65.2 Å². The van der Waals surface area contributed by atoms with Crippen LogP contribution in [-0.2, 0) is 14.4 Å². The van der Waals surface area contributed by atoms with Gasteiger partial charge in [0.2, 0.25) is 5.91 Å². The van der Waals surface area contributed by atoms with Gasteiger partial charge in [0, 0.05) is 35.5 Å². The van der Waals surface area contributed by atoms with E-state index in [9.17, 15) is 37.5 Å². The number of nitrogen functional groups attached to an aromatic ring is 1. The van der Waals surface area contributed by atoms with Crippen molar-refractivity contribution in [3.63, 3.8) is 0 Å². The minimum absolute atomic E-state index is 0.101. The predicted octanol–water partition coefficient (Wildman–Crippen LogP) is 2.05. The molecule has 0 aliphatic carbocycles. The lowest BCUT2D eigenvalue weighted by Crippen LogP contribution is -2.45. The van der Waals surface area contributed by atoms with E-state index in [2.05, 4.69) is 10.6 Å². The van der Waals surface area contributed by atoms with E-state index in [0.29, 0.717) is 29.9 Å². The average Bonchev–Trinajstić information content (AvgIpc) is 3.43. The Morgan fingerprint density at radius 3 is 2.00 bits per heavy atom. The summed E-state index contributed by atoms with van der Waals surface area (Å²) in [5.41, 5.74) is 6.78. The molecular formula is C25H26F3N5O7. The van der Waals surface area contributed by atoms with Crippen LogP contribution in [0.3, 0.4) is 0 Å². The number of rotatable bonds is 8. The molecule has 1 aliphatic rings. The Morgan fingerprint density at radius 1 is 0.950 bits per heavy atom. The van der Waals surface area contributed by atoms with E-state index in [0.717, 1.165) is 12.8 Å². The summed E-state index contributed by atoms with van der Waals surface area (Å²) in [6.45, 7) is 1.42. The van der Waals surface area contributed by atoms with Gasteiger partial charge in [0.15, 0.2) is 0 Å². The van der Waals surface area contributed by atoms with Gasteiger partial charge in [-0.05, 0) is 49.2 Å². The second kappa shape index (κ2) is 13.7. The number of halogens is 3. The number of nitrogens with zero attached hydrogens (tertiary/aromatic N) is 1. The first-order valence-corrected chi connectivity index (χ1v) is 11.7. The van der Waals surface area contributed by atoms with Gasteiger partial charge in [-0.1, -0.05) is 12.1 Å². The number of likely N-dealkylation sites (tertiary alicyclic amines) is 1. The molecule has 1 saturated heterocycles. The minimum atomic E-state index is -5.08. The molecule has 2 aromatic rings. The highest BCUT2D eigenvalue weighted by Crippen LogP contribution is 2.15. The molecular weight excluding hydrogens is 539 g/mol. The number of carbonyl (C=O) groups excluding carboxylic acids is 3. The van der Waals surface area contributed by atoms with E-state index in [-0.39, 0.29) is 17.3 Å². The van der Waals surface area contributed by atoms with Gasteiger partial charge in [0.25, 0.3) is 11.8 Å². The molecule has 1 aliphatic heterocycles. The van der Waals surface area contributed by atoms with Gasteiger partial charge < -0.3 is 31.5 Å². The van der Waals surface area contributed by atoms with E-state index in [1.54, 1.807) is 23.1 Å². The monoisotopic (exact) mass is 565 g/mol. The lowest BCUT2D eigenvalue weighted by molar-refractivity contribution is -0.192. The van der Waals surface area contributed by atoms with Crippen molar-refractivity contribution in [2.45, 2.75) is 31.5 Å². The zero-order valence-electron chi connectivity index (χ0n) is 20.8. The lowest BCUT2D eigenvalue weighted by Gasteiger charge is -2.18. The fourth-order valence-corrected chi connectivity index (χ4v) is 3.49. The van der Waals surface area contributed by atoms with Crippen molar-refractivity contribution in [1.82, 2.24) is 10.2 Å². The van der Waals surface area contributed by atoms with Crippen molar-refractivity contribution < 1.29 is 47.4 Å². The third-order valence-corrected chi connectivity index (χ3v) is 5.47. The fraction of sp³-hybridized carbons (Fsp3) is 0.280. The van der Waals surface area contributed by atoms with E-state index in [4.69, 9.17) is 21.0 Å². The Kier molecular flexibility index (Phi) is 10.7. The van der Waals surface area contributed by atoms with Gasteiger partial charge in [-0.2, -0.15) is 13.2 Å². The van der Waals surface area contributed by atoms with Crippen molar-refractivity contribution in [2.75, 3.05) is 18.4 Å². The van der Waals surface area contributed by atoms with Crippen LogP contribution in [0.1, 0.15) is 45.5 Å². The lowest BCUT2D eigenvalue weighted by atomic mass is 10.1. The Bertz CT molecular complexity index is 1280. The predicted molar refractivity (Wildman–Crippen MR) is 135 cm³/mol. The number of carbonyl (C=O) groups is 5. The molecule has 1 fully saturated rings. The van der Waals surface area contributed by atoms with Crippen LogP contribution in [0.25, 0.3) is 0 Å². The van der Waals surface area contributed by atoms with Crippen LogP contribution >= 0.6 is 0 Å². The molecule has 7 N–H and O–H groups in total. The second-order valence-corrected chi connectivity index (χ2v) is 8.49. The number of amidine groups is 1. The van der Waals surface area contributed by atoms with Crippen LogP contribution in [0.2, 0.25) is 0 Å². The summed E-state index contributed by atoms with van der Waals surface area (Å²) in [4.78, 5) is 59.7. The molecule has 0 saturated carbocycles. The number of alkyl halides is 3. The maximum Gasteiger partial charge on any atom is 0.490 e. The smallest absolute Gasteiger partial charge is 0.481 e. The third kappa shape index (κ3) is 9.41. The summed E-state index contributed by atoms with van der Waals surface area (Å²) in [6, 6.07) is 10.9. The van der Waals surface area contributed by atoms with Gasteiger partial charge in [-0.15, -0.1) is 0 Å². The highest BCUT2D eigenvalue weighted by Gasteiger charge is 2.38. The van der Waals surface area contributed by atoms with Gasteiger partial charge in [-0.3, -0.25) is 24.6 Å². The largest absolute Gasteiger partial charge is 0.490 e. The number of nitrogens with one attached hydrogen (secondary N) is 3. The van der Waals surface area contributed by atoms with E-state index in [1.165, 1.54) is 30.3 Å². The Hall–Kier alpha value is -4.95. The first kappa shape index (κ1) is 31.3. The molecule has 0 radical (unpaired) electrons. The zero-order chi connectivity index (χ0) is 30.0. The summed E-state index contributed by atoms with van der Waals surface area (Å²) in [5.74, 6) is -5.68. The number of nitrogens with two attached hydrogens (primary N) is 1. The van der Waals surface area contributed by atoms with E-state index >= 15 is 0 Å². The summed E-state index contributed by atoms with van der Waals surface area (Å²) in [5, 5.41) is 28.8. The molecule has 1 atom stereocenters. The average molecular weight is 566 g/mol. The SMILES string of the molecule is N=C(N)c1cccc(NC(=O)[C@@H](CC(=O)O)NC(=O)c2ccc(C(=O)N3CCCC3)cc2)c1.O=C(O)C(F)(F)F. The molecule has 15 heteroatoms. The van der Waals surface area contributed by atoms with Crippen LogP contribution in [0.5, 0.6) is 0 Å². The molecule has 0 unspecified atom stereocenters. The number of carboxylic acid groups (broad SMARTS) is 2. The Morgan fingerprint density at radius 2 is 1.50 bits per heavy atom. The first-order valence-electron chi connectivity index (χ1n) is 11.7. The van der Waals surface area contributed by atoms with Gasteiger partial charge in [-0.25, -0.2) is 4.79 Å². The molecule has 3 amide bonds. The van der Waals surface area contributed by atoms with Crippen LogP contribution in [-0.4, -0.2) is 75.9 Å². The number of anilines is 1. The number of hydrogen-bond donors (Lipinski definition) is 6. The number of hydrogen-bond acceptors (Lipinski definition) is 6. The zero-order valence-corrected chi connectivity index (χ0v) is 20.8. The van der Waals surface area contributed by atoms with Crippen LogP contribution < -0.4 is 16.4 Å². The highest BCUT2D eigenvalue weighted by molar-refractivity contribution is 6.04. The minimum Gasteiger partial charge on any atom is -0.481 e. The quantitative estimate of drug-likeness (QED) is 0.206. The summed E-state index contributed by atoms with van der Waals surface area (Å²) >= 11 is 0. The number of aliphatic carboxylic acids is 2. The topological polar surface area (TPSA) is 203 Å². The van der Waals surface area contributed by atoms with Gasteiger partial charge in [0.05, 0.1) is 6.42 Å². The highest BCUT2D eigenvalue weighted by atomic mass is 19.4. The van der Waals surface area contributed by atoms with E-state index < -0.39 is 42.4 Å². The normalized spacial score (nSPS) is 13.3. The van der Waals surface area contributed by atoms with Crippen LogP contribution in [0, 0.1) is 5.41 Å². The molecule has 3 rings (SSSR count). The maximum absolute atomic E-state index is 12.7. The number of benzene rings is 2. The van der Waals surface area contributed by atoms with Crippen molar-refractivity contribution in [2.24, 2.45) is 5.73 Å². The summed E-state index contributed by atoms with van der Waals surface area (Å²) in [6.07, 6.45) is -3.77. The number of amides is 3. The van der Waals surface area contributed by atoms with Crippen molar-refractivity contribution in [1.29, 1.82) is 5.41 Å². The van der Waals surface area contributed by atoms with Crippen molar-refractivity contribution >= 4 is 41.2 Å². The Labute approximate surface area is 225 Å². The first-order chi connectivity index (χ1) is 18.7. The molecule has 12 nitrogen and oxygen atoms in total. The fourth-order valence-electron chi connectivity index (χ4n) is 3.49. The standard InChI is InChI=1S/C23H25N5O5.C2HF3O2/c24-20(25)16-4-3-5-17(12-16)26-22(32)18(13-19(29)30)27-21(31)14-6-8-15(9-7-14)23(33)28-10-1-2-11-28;3-2(4,5)1(6)7/h3-9,12,18H,1-2,10-11,13H2,(H3,24,25)(H,26,32)(H,27,31)(H,29,30);(H,6,7)/t18-;/m1./s1. The Balaban J connectivity index is 0.000000708.